The summed E-state index contributed by atoms with van der Waals surface area (Å²) in [6.07, 6.45) is -0.645. The van der Waals surface area contributed by atoms with Crippen molar-refractivity contribution < 1.29 is 17.9 Å². The van der Waals surface area contributed by atoms with Gasteiger partial charge in [0.2, 0.25) is 5.95 Å². The number of alkyl halides is 3. The van der Waals surface area contributed by atoms with Crippen LogP contribution < -0.4 is 10.5 Å². The number of morpholine rings is 1. The fourth-order valence-electron chi connectivity index (χ4n) is 4.44. The van der Waals surface area contributed by atoms with Crippen LogP contribution in [-0.2, 0) is 10.9 Å². The predicted octanol–water partition coefficient (Wildman–Crippen LogP) is 3.11. The molecule has 0 radical (unpaired) electrons. The van der Waals surface area contributed by atoms with Crippen molar-refractivity contribution in [3.05, 3.63) is 45.4 Å². The molecule has 1 N–H and O–H groups in total. The molecule has 4 heterocycles. The Morgan fingerprint density at radius 3 is 2.37 bits per heavy atom. The Bertz CT molecular complexity index is 1160. The second-order valence-electron chi connectivity index (χ2n) is 8.02. The Morgan fingerprint density at radius 1 is 1.13 bits per heavy atom. The minimum Gasteiger partial charge on any atom is -0.371 e. The first-order valence-corrected chi connectivity index (χ1v) is 9.78. The summed E-state index contributed by atoms with van der Waals surface area (Å²) in [5.74, 6) is 0.443. The molecular weight excluding hydrogens is 399 g/mol. The quantitative estimate of drug-likeness (QED) is 0.691. The van der Waals surface area contributed by atoms with Crippen molar-refractivity contribution in [1.82, 2.24) is 19.7 Å². The number of aryl methyl sites for hydroxylation is 2. The molecule has 2 unspecified atom stereocenters. The molecule has 2 saturated heterocycles. The minimum atomic E-state index is -4.42. The molecule has 0 saturated carbocycles. The third kappa shape index (κ3) is 3.15. The van der Waals surface area contributed by atoms with Gasteiger partial charge in [-0.05, 0) is 49.9 Å². The molecule has 0 spiro atoms. The Balaban J connectivity index is 1.56. The van der Waals surface area contributed by atoms with E-state index in [0.29, 0.717) is 35.9 Å². The number of ether oxygens (including phenoxy) is 1. The summed E-state index contributed by atoms with van der Waals surface area (Å²) < 4.78 is 46.5. The molecule has 5 rings (SSSR count). The van der Waals surface area contributed by atoms with Crippen LogP contribution in [0.2, 0.25) is 0 Å². The maximum Gasteiger partial charge on any atom is 0.416 e. The molecule has 2 aromatic heterocycles. The van der Waals surface area contributed by atoms with Crippen LogP contribution >= 0.6 is 0 Å². The van der Waals surface area contributed by atoms with E-state index in [1.807, 2.05) is 4.90 Å². The zero-order valence-corrected chi connectivity index (χ0v) is 16.5. The lowest BCUT2D eigenvalue weighted by atomic mass is 10.0. The normalized spacial score (nSPS) is 21.6. The topological polar surface area (TPSA) is 76.0 Å². The van der Waals surface area contributed by atoms with E-state index in [1.165, 1.54) is 10.9 Å². The average molecular weight is 419 g/mol. The summed E-state index contributed by atoms with van der Waals surface area (Å²) in [4.78, 5) is 22.0. The number of rotatable bonds is 2. The molecule has 2 atom stereocenters. The van der Waals surface area contributed by atoms with E-state index in [0.717, 1.165) is 25.0 Å². The number of aromatic nitrogens is 4. The highest BCUT2D eigenvalue weighted by molar-refractivity contribution is 5.75. The van der Waals surface area contributed by atoms with E-state index in [9.17, 15) is 18.0 Å². The summed E-state index contributed by atoms with van der Waals surface area (Å²) in [6, 6.07) is 2.17. The number of halogens is 3. The van der Waals surface area contributed by atoms with Gasteiger partial charge in [0.15, 0.2) is 5.65 Å². The van der Waals surface area contributed by atoms with Gasteiger partial charge >= 0.3 is 6.18 Å². The summed E-state index contributed by atoms with van der Waals surface area (Å²) in [7, 11) is 0. The van der Waals surface area contributed by atoms with Crippen LogP contribution in [0.4, 0.5) is 19.1 Å². The van der Waals surface area contributed by atoms with Gasteiger partial charge in [-0.2, -0.15) is 18.2 Å². The van der Waals surface area contributed by atoms with Crippen LogP contribution in [0, 0.1) is 13.8 Å². The highest BCUT2D eigenvalue weighted by Crippen LogP contribution is 2.33. The number of aromatic amines is 1. The average Bonchev–Trinajstić information content (AvgIpc) is 3.23. The summed E-state index contributed by atoms with van der Waals surface area (Å²) in [5.41, 5.74) is 0.547. The Morgan fingerprint density at radius 2 is 1.77 bits per heavy atom. The Kier molecular flexibility index (Phi) is 4.18. The highest BCUT2D eigenvalue weighted by atomic mass is 19.4. The first-order valence-electron chi connectivity index (χ1n) is 9.78. The fraction of sp³-hybridized carbons (Fsp3) is 0.450. The first-order chi connectivity index (χ1) is 14.2. The largest absolute Gasteiger partial charge is 0.416 e. The highest BCUT2D eigenvalue weighted by Gasteiger charge is 2.35. The van der Waals surface area contributed by atoms with Crippen molar-refractivity contribution in [2.75, 3.05) is 18.0 Å². The lowest BCUT2D eigenvalue weighted by Crippen LogP contribution is -2.44. The third-order valence-corrected chi connectivity index (χ3v) is 5.77. The van der Waals surface area contributed by atoms with Crippen molar-refractivity contribution in [3.63, 3.8) is 0 Å². The van der Waals surface area contributed by atoms with Gasteiger partial charge in [-0.15, -0.1) is 5.10 Å². The molecule has 10 heteroatoms. The van der Waals surface area contributed by atoms with Gasteiger partial charge < -0.3 is 9.64 Å². The lowest BCUT2D eigenvalue weighted by molar-refractivity contribution is -0.137. The second kappa shape index (κ2) is 6.56. The van der Waals surface area contributed by atoms with E-state index in [2.05, 4.69) is 15.1 Å². The lowest BCUT2D eigenvalue weighted by Gasteiger charge is -2.32. The third-order valence-electron chi connectivity index (χ3n) is 5.77. The number of hydrogen-bond acceptors (Lipinski definition) is 5. The molecule has 2 bridgehead atoms. The molecule has 3 aromatic rings. The fourth-order valence-corrected chi connectivity index (χ4v) is 4.44. The zero-order chi connectivity index (χ0) is 21.2. The van der Waals surface area contributed by atoms with Crippen LogP contribution in [-0.4, -0.2) is 45.0 Å². The molecule has 7 nitrogen and oxygen atoms in total. The summed E-state index contributed by atoms with van der Waals surface area (Å²) >= 11 is 0. The van der Waals surface area contributed by atoms with Gasteiger partial charge in [0, 0.05) is 19.3 Å². The number of hydrogen-bond donors (Lipinski definition) is 1. The second-order valence-corrected chi connectivity index (χ2v) is 8.02. The maximum atomic E-state index is 13.1. The molecule has 158 valence electrons. The molecule has 2 aliphatic rings. The van der Waals surface area contributed by atoms with Crippen LogP contribution in [0.1, 0.15) is 29.5 Å². The molecule has 30 heavy (non-hydrogen) atoms. The minimum absolute atomic E-state index is 0.139. The number of nitrogens with zero attached hydrogens (tertiary/aromatic N) is 4. The van der Waals surface area contributed by atoms with Crippen molar-refractivity contribution in [2.45, 2.75) is 45.1 Å². The van der Waals surface area contributed by atoms with Crippen molar-refractivity contribution in [3.8, 4) is 5.69 Å². The molecular formula is C20H20F3N5O2. The summed E-state index contributed by atoms with van der Waals surface area (Å²) in [6.45, 7) is 4.50. The molecule has 0 amide bonds. The van der Waals surface area contributed by atoms with E-state index in [4.69, 9.17) is 4.74 Å². The van der Waals surface area contributed by atoms with E-state index in [1.54, 1.807) is 13.8 Å². The number of H-pyrrole nitrogens is 1. The first kappa shape index (κ1) is 19.1. The van der Waals surface area contributed by atoms with E-state index >= 15 is 0 Å². The van der Waals surface area contributed by atoms with Gasteiger partial charge in [0.05, 0.1) is 23.5 Å². The maximum absolute atomic E-state index is 13.1. The van der Waals surface area contributed by atoms with Gasteiger partial charge in [0.25, 0.3) is 5.56 Å². The molecule has 1 aromatic carbocycles. The molecule has 0 aliphatic carbocycles. The monoisotopic (exact) mass is 419 g/mol. The number of anilines is 1. The molecule has 2 aliphatic heterocycles. The Labute approximate surface area is 169 Å². The van der Waals surface area contributed by atoms with Gasteiger partial charge in [0.1, 0.15) is 5.39 Å². The Hall–Kier alpha value is -2.88. The van der Waals surface area contributed by atoms with Gasteiger partial charge in [-0.1, -0.05) is 0 Å². The van der Waals surface area contributed by atoms with Crippen LogP contribution in [0.25, 0.3) is 16.7 Å². The number of nitrogens with one attached hydrogen (secondary N) is 1. The van der Waals surface area contributed by atoms with Crippen LogP contribution in [0.3, 0.4) is 0 Å². The van der Waals surface area contributed by atoms with E-state index < -0.39 is 11.7 Å². The van der Waals surface area contributed by atoms with E-state index in [-0.39, 0.29) is 28.8 Å². The van der Waals surface area contributed by atoms with Crippen LogP contribution in [0.5, 0.6) is 0 Å². The van der Waals surface area contributed by atoms with Crippen molar-refractivity contribution in [1.29, 1.82) is 0 Å². The molecule has 2 fully saturated rings. The van der Waals surface area contributed by atoms with Gasteiger partial charge in [-0.25, -0.2) is 4.68 Å². The van der Waals surface area contributed by atoms with Crippen LogP contribution in [0.15, 0.2) is 23.1 Å². The zero-order valence-electron chi connectivity index (χ0n) is 16.5. The smallest absolute Gasteiger partial charge is 0.371 e. The summed E-state index contributed by atoms with van der Waals surface area (Å²) in [5, 5.41) is 4.70. The predicted molar refractivity (Wildman–Crippen MR) is 104 cm³/mol. The van der Waals surface area contributed by atoms with Crippen molar-refractivity contribution >= 4 is 17.0 Å². The standard InChI is InChI=1S/C20H20F3N5O2/c1-10-5-12(20(21,22)23)6-11(2)16(10)28-9-15-17(26-28)24-19(25-18(15)29)27-7-13-3-4-14(8-27)30-13/h5-6,9,13-14H,3-4,7-8H2,1-2H3,(H,24,25,26,29). The number of fused-ring (bicyclic) bond motifs is 3. The SMILES string of the molecule is Cc1cc(C(F)(F)F)cc(C)c1-n1cc2c(=O)[nH]c(N3CC4CCC(C3)O4)nc2n1. The van der Waals surface area contributed by atoms with Crippen molar-refractivity contribution in [2.24, 2.45) is 0 Å². The van der Waals surface area contributed by atoms with Gasteiger partial charge in [-0.3, -0.25) is 9.78 Å². The number of benzene rings is 1.